The summed E-state index contributed by atoms with van der Waals surface area (Å²) in [7, 11) is -3.71. The molecule has 0 aliphatic carbocycles. The number of nitrogens with zero attached hydrogens (tertiary/aromatic N) is 4. The molecule has 2 heterocycles. The van der Waals surface area contributed by atoms with E-state index in [0.29, 0.717) is 24.4 Å². The monoisotopic (exact) mass is 430 g/mol. The summed E-state index contributed by atoms with van der Waals surface area (Å²) in [5.74, 6) is -1.23. The lowest BCUT2D eigenvalue weighted by atomic mass is 10.2. The summed E-state index contributed by atoms with van der Waals surface area (Å²) < 4.78 is 28.1. The minimum absolute atomic E-state index is 0.00727. The number of hydrogen-bond donors (Lipinski definition) is 2. The number of carbonyl (C=O) groups excluding carboxylic acids is 2. The molecule has 10 nitrogen and oxygen atoms in total. The maximum atomic E-state index is 12.7. The second kappa shape index (κ2) is 8.59. The number of benzene rings is 1. The van der Waals surface area contributed by atoms with Crippen molar-refractivity contribution in [1.29, 1.82) is 0 Å². The van der Waals surface area contributed by atoms with Crippen LogP contribution >= 0.6 is 0 Å². The lowest BCUT2D eigenvalue weighted by molar-refractivity contribution is 0.0847. The topological polar surface area (TPSA) is 126 Å². The Morgan fingerprint density at radius 3 is 2.50 bits per heavy atom. The van der Waals surface area contributed by atoms with Gasteiger partial charge >= 0.3 is 0 Å². The van der Waals surface area contributed by atoms with Crippen molar-refractivity contribution in [2.24, 2.45) is 0 Å². The van der Waals surface area contributed by atoms with Gasteiger partial charge in [0.05, 0.1) is 10.6 Å². The van der Waals surface area contributed by atoms with Gasteiger partial charge in [-0.1, -0.05) is 19.9 Å². The first-order valence-corrected chi connectivity index (χ1v) is 10.7. The Morgan fingerprint density at radius 1 is 1.10 bits per heavy atom. The highest BCUT2D eigenvalue weighted by Gasteiger charge is 2.23. The second-order valence-corrected chi connectivity index (χ2v) is 8.31. The van der Waals surface area contributed by atoms with E-state index >= 15 is 0 Å². The minimum Gasteiger partial charge on any atom is -0.267 e. The van der Waals surface area contributed by atoms with Crippen molar-refractivity contribution in [3.63, 3.8) is 0 Å². The Balaban J connectivity index is 1.77. The highest BCUT2D eigenvalue weighted by molar-refractivity contribution is 7.89. The Morgan fingerprint density at radius 2 is 1.80 bits per heavy atom. The van der Waals surface area contributed by atoms with Gasteiger partial charge in [0.2, 0.25) is 10.0 Å². The first-order valence-electron chi connectivity index (χ1n) is 9.30. The van der Waals surface area contributed by atoms with Crippen LogP contribution in [0.1, 0.15) is 40.3 Å². The summed E-state index contributed by atoms with van der Waals surface area (Å²) in [5.41, 5.74) is 5.76. The van der Waals surface area contributed by atoms with Crippen molar-refractivity contribution >= 4 is 27.5 Å². The van der Waals surface area contributed by atoms with E-state index in [0.717, 1.165) is 0 Å². The zero-order valence-electron chi connectivity index (χ0n) is 16.8. The molecule has 0 saturated carbocycles. The summed E-state index contributed by atoms with van der Waals surface area (Å²) in [4.78, 5) is 29.2. The van der Waals surface area contributed by atoms with Gasteiger partial charge in [0.25, 0.3) is 11.8 Å². The van der Waals surface area contributed by atoms with Gasteiger partial charge in [-0.25, -0.2) is 17.9 Å². The van der Waals surface area contributed by atoms with E-state index < -0.39 is 21.8 Å². The lowest BCUT2D eigenvalue weighted by Gasteiger charge is -2.18. The van der Waals surface area contributed by atoms with Crippen molar-refractivity contribution in [1.82, 2.24) is 29.8 Å². The van der Waals surface area contributed by atoms with E-state index in [1.54, 1.807) is 33.0 Å². The fourth-order valence-electron chi connectivity index (χ4n) is 3.02. The number of hydrogen-bond acceptors (Lipinski definition) is 6. The van der Waals surface area contributed by atoms with Crippen LogP contribution in [0.15, 0.2) is 47.6 Å². The molecule has 2 aromatic heterocycles. The Kier molecular flexibility index (Phi) is 6.13. The summed E-state index contributed by atoms with van der Waals surface area (Å²) in [6, 6.07) is 7.33. The van der Waals surface area contributed by atoms with Crippen molar-refractivity contribution < 1.29 is 18.0 Å². The van der Waals surface area contributed by atoms with Crippen LogP contribution < -0.4 is 10.9 Å². The first kappa shape index (κ1) is 21.4. The third-order valence-electron chi connectivity index (χ3n) is 4.53. The molecule has 0 radical (unpaired) electrons. The molecule has 2 N–H and O–H groups in total. The molecule has 0 aliphatic rings. The normalized spacial score (nSPS) is 11.6. The predicted molar refractivity (Wildman–Crippen MR) is 109 cm³/mol. The summed E-state index contributed by atoms with van der Waals surface area (Å²) >= 11 is 0. The fraction of sp³-hybridized carbons (Fsp3) is 0.263. The number of fused-ring (bicyclic) bond motifs is 1. The molecule has 1 aromatic carbocycles. The smallest absolute Gasteiger partial charge is 0.267 e. The van der Waals surface area contributed by atoms with E-state index in [9.17, 15) is 18.0 Å². The number of amides is 2. The quantitative estimate of drug-likeness (QED) is 0.565. The number of aryl methyl sites for hydroxylation is 1. The fourth-order valence-corrected chi connectivity index (χ4v) is 4.53. The van der Waals surface area contributed by atoms with Crippen LogP contribution in [0.5, 0.6) is 0 Å². The average Bonchev–Trinajstić information content (AvgIpc) is 3.08. The number of nitrogens with one attached hydrogen (secondary N) is 2. The summed E-state index contributed by atoms with van der Waals surface area (Å²) in [6.07, 6.45) is 3.19. The van der Waals surface area contributed by atoms with Gasteiger partial charge in [0, 0.05) is 31.0 Å². The van der Waals surface area contributed by atoms with Gasteiger partial charge < -0.3 is 0 Å². The van der Waals surface area contributed by atoms with Crippen molar-refractivity contribution in [3.8, 4) is 0 Å². The number of rotatable bonds is 6. The molecule has 0 unspecified atom stereocenters. The summed E-state index contributed by atoms with van der Waals surface area (Å²) in [6.45, 7) is 5.78. The van der Waals surface area contributed by atoms with E-state index in [1.807, 2.05) is 0 Å². The molecule has 158 valence electrons. The van der Waals surface area contributed by atoms with Gasteiger partial charge in [-0.3, -0.25) is 20.4 Å². The van der Waals surface area contributed by atoms with Gasteiger partial charge in [-0.15, -0.1) is 0 Å². The van der Waals surface area contributed by atoms with Crippen LogP contribution in [0.25, 0.3) is 5.65 Å². The maximum Gasteiger partial charge on any atom is 0.275 e. The van der Waals surface area contributed by atoms with Crippen LogP contribution in [0.3, 0.4) is 0 Å². The lowest BCUT2D eigenvalue weighted by Crippen LogP contribution is -2.42. The zero-order valence-corrected chi connectivity index (χ0v) is 17.6. The number of carbonyl (C=O) groups is 2. The van der Waals surface area contributed by atoms with E-state index in [2.05, 4.69) is 20.9 Å². The standard InChI is InChI=1S/C19H22N6O4S/c1-4-24(5-2)30(28,29)15-9-6-8-14(12-15)18(26)21-22-19(27)16-13(3)23-25-11-7-10-20-17(16)25/h6-12H,4-5H2,1-3H3,(H,21,26)(H,22,27). The molecule has 0 fully saturated rings. The SMILES string of the molecule is CCN(CC)S(=O)(=O)c1cccc(C(=O)NNC(=O)c2c(C)nn3cccnc23)c1. The Bertz CT molecular complexity index is 1200. The van der Waals surface area contributed by atoms with Crippen LogP contribution in [0.2, 0.25) is 0 Å². The van der Waals surface area contributed by atoms with Gasteiger partial charge in [-0.2, -0.15) is 9.40 Å². The second-order valence-electron chi connectivity index (χ2n) is 6.37. The molecule has 0 spiro atoms. The minimum atomic E-state index is -3.71. The van der Waals surface area contributed by atoms with Crippen molar-refractivity contribution in [2.45, 2.75) is 25.7 Å². The molecule has 11 heteroatoms. The molecule has 3 aromatic rings. The molecular formula is C19H22N6O4S. The molecule has 0 saturated heterocycles. The molecule has 0 bridgehead atoms. The molecule has 2 amide bonds. The van der Waals surface area contributed by atoms with E-state index in [4.69, 9.17) is 0 Å². The Hall–Kier alpha value is -3.31. The Labute approximate surface area is 173 Å². The van der Waals surface area contributed by atoms with Crippen molar-refractivity contribution in [3.05, 3.63) is 59.5 Å². The van der Waals surface area contributed by atoms with Gasteiger partial charge in [-0.05, 0) is 31.2 Å². The third-order valence-corrected chi connectivity index (χ3v) is 6.57. The van der Waals surface area contributed by atoms with Gasteiger partial charge in [0.15, 0.2) is 5.65 Å². The van der Waals surface area contributed by atoms with Crippen LogP contribution in [-0.4, -0.2) is 52.2 Å². The molecule has 0 aliphatic heterocycles. The number of sulfonamides is 1. The zero-order chi connectivity index (χ0) is 21.9. The number of aromatic nitrogens is 3. The summed E-state index contributed by atoms with van der Waals surface area (Å²) in [5, 5.41) is 4.20. The molecule has 3 rings (SSSR count). The van der Waals surface area contributed by atoms with Gasteiger partial charge in [0.1, 0.15) is 5.56 Å². The first-order chi connectivity index (χ1) is 14.3. The highest BCUT2D eigenvalue weighted by Crippen LogP contribution is 2.17. The third kappa shape index (κ3) is 4.02. The number of hydrazine groups is 1. The molecule has 30 heavy (non-hydrogen) atoms. The van der Waals surface area contributed by atoms with Crippen LogP contribution in [0, 0.1) is 6.92 Å². The molecule has 0 atom stereocenters. The van der Waals surface area contributed by atoms with Crippen molar-refractivity contribution in [2.75, 3.05) is 13.1 Å². The largest absolute Gasteiger partial charge is 0.275 e. The van der Waals surface area contributed by atoms with Crippen LogP contribution in [-0.2, 0) is 10.0 Å². The van der Waals surface area contributed by atoms with Crippen LogP contribution in [0.4, 0.5) is 0 Å². The average molecular weight is 430 g/mol. The van der Waals surface area contributed by atoms with E-state index in [-0.39, 0.29) is 16.0 Å². The highest BCUT2D eigenvalue weighted by atomic mass is 32.2. The predicted octanol–water partition coefficient (Wildman–Crippen LogP) is 1.14. The molecular weight excluding hydrogens is 408 g/mol. The van der Waals surface area contributed by atoms with E-state index in [1.165, 1.54) is 39.3 Å². The maximum absolute atomic E-state index is 12.7.